The molecule has 0 aliphatic heterocycles. The van der Waals surface area contributed by atoms with Gasteiger partial charge in [-0.2, -0.15) is 0 Å². The number of rotatable bonds is 3. The number of aryl methyl sites for hydroxylation is 1. The highest BCUT2D eigenvalue weighted by atomic mass is 32.1. The molecule has 20 heavy (non-hydrogen) atoms. The van der Waals surface area contributed by atoms with E-state index in [2.05, 4.69) is 10.6 Å². The third-order valence-corrected chi connectivity index (χ3v) is 2.95. The van der Waals surface area contributed by atoms with Gasteiger partial charge in [0, 0.05) is 17.4 Å². The van der Waals surface area contributed by atoms with Gasteiger partial charge in [0.15, 0.2) is 5.11 Å². The Labute approximate surface area is 122 Å². The van der Waals surface area contributed by atoms with Crippen LogP contribution in [0.3, 0.4) is 0 Å². The summed E-state index contributed by atoms with van der Waals surface area (Å²) in [5, 5.41) is 6.49. The van der Waals surface area contributed by atoms with Crippen molar-refractivity contribution < 1.29 is 9.13 Å². The molecule has 2 aromatic carbocycles. The van der Waals surface area contributed by atoms with Crippen molar-refractivity contribution in [2.24, 2.45) is 0 Å². The van der Waals surface area contributed by atoms with Crippen LogP contribution < -0.4 is 15.4 Å². The predicted molar refractivity (Wildman–Crippen MR) is 84.0 cm³/mol. The van der Waals surface area contributed by atoms with Gasteiger partial charge in [0.2, 0.25) is 0 Å². The number of nitrogens with one attached hydrogen (secondary N) is 2. The van der Waals surface area contributed by atoms with E-state index in [-0.39, 0.29) is 5.82 Å². The van der Waals surface area contributed by atoms with Crippen LogP contribution in [0.5, 0.6) is 5.75 Å². The van der Waals surface area contributed by atoms with Crippen LogP contribution in [-0.4, -0.2) is 12.2 Å². The lowest BCUT2D eigenvalue weighted by atomic mass is 10.2. The van der Waals surface area contributed by atoms with E-state index in [1.165, 1.54) is 6.07 Å². The maximum Gasteiger partial charge on any atom is 0.175 e. The largest absolute Gasteiger partial charge is 0.497 e. The van der Waals surface area contributed by atoms with Gasteiger partial charge in [-0.3, -0.25) is 0 Å². The van der Waals surface area contributed by atoms with Crippen molar-refractivity contribution in [2.45, 2.75) is 6.92 Å². The van der Waals surface area contributed by atoms with Crippen molar-refractivity contribution in [1.82, 2.24) is 0 Å². The van der Waals surface area contributed by atoms with E-state index >= 15 is 0 Å². The molecule has 0 aliphatic rings. The Kier molecular flexibility index (Phi) is 4.53. The first kappa shape index (κ1) is 14.3. The summed E-state index contributed by atoms with van der Waals surface area (Å²) in [5.41, 5.74) is 2.13. The smallest absolute Gasteiger partial charge is 0.175 e. The van der Waals surface area contributed by atoms with E-state index in [9.17, 15) is 4.39 Å². The van der Waals surface area contributed by atoms with E-state index in [4.69, 9.17) is 17.0 Å². The number of anilines is 2. The Morgan fingerprint density at radius 1 is 1.10 bits per heavy atom. The van der Waals surface area contributed by atoms with Gasteiger partial charge in [0.25, 0.3) is 0 Å². The molecule has 0 saturated heterocycles. The topological polar surface area (TPSA) is 33.3 Å². The van der Waals surface area contributed by atoms with Crippen molar-refractivity contribution in [1.29, 1.82) is 0 Å². The second-order valence-electron chi connectivity index (χ2n) is 4.28. The summed E-state index contributed by atoms with van der Waals surface area (Å²) in [7, 11) is 1.61. The highest BCUT2D eigenvalue weighted by Crippen LogP contribution is 2.18. The second-order valence-corrected chi connectivity index (χ2v) is 4.68. The number of thiocarbonyl (C=S) groups is 1. The van der Waals surface area contributed by atoms with Gasteiger partial charge in [-0.25, -0.2) is 4.39 Å². The number of benzene rings is 2. The van der Waals surface area contributed by atoms with Crippen LogP contribution in [-0.2, 0) is 0 Å². The summed E-state index contributed by atoms with van der Waals surface area (Å²) in [6, 6.07) is 12.2. The van der Waals surface area contributed by atoms with Crippen LogP contribution >= 0.6 is 12.2 Å². The molecule has 0 atom stereocenters. The Hall–Kier alpha value is -2.14. The predicted octanol–water partition coefficient (Wildman–Crippen LogP) is 3.95. The van der Waals surface area contributed by atoms with Gasteiger partial charge in [-0.15, -0.1) is 0 Å². The number of hydrogen-bond donors (Lipinski definition) is 2. The zero-order valence-electron chi connectivity index (χ0n) is 11.2. The van der Waals surface area contributed by atoms with E-state index in [0.717, 1.165) is 17.1 Å². The highest BCUT2D eigenvalue weighted by Gasteiger charge is 2.02. The summed E-state index contributed by atoms with van der Waals surface area (Å²) in [5.74, 6) is 0.512. The van der Waals surface area contributed by atoms with Crippen molar-refractivity contribution in [2.75, 3.05) is 17.7 Å². The van der Waals surface area contributed by atoms with Gasteiger partial charge in [0.05, 0.1) is 7.11 Å². The fraction of sp³-hybridized carbons (Fsp3) is 0.133. The Morgan fingerprint density at radius 3 is 2.45 bits per heavy atom. The van der Waals surface area contributed by atoms with Crippen LogP contribution in [0.4, 0.5) is 15.8 Å². The van der Waals surface area contributed by atoms with Crippen LogP contribution in [0.1, 0.15) is 5.56 Å². The van der Waals surface area contributed by atoms with E-state index in [1.54, 1.807) is 26.2 Å². The minimum Gasteiger partial charge on any atom is -0.497 e. The first-order valence-corrected chi connectivity index (χ1v) is 6.47. The summed E-state index contributed by atoms with van der Waals surface area (Å²) in [6.07, 6.45) is 0. The van der Waals surface area contributed by atoms with Crippen LogP contribution in [0.15, 0.2) is 42.5 Å². The van der Waals surface area contributed by atoms with E-state index in [1.807, 2.05) is 24.3 Å². The fourth-order valence-electron chi connectivity index (χ4n) is 1.72. The SMILES string of the molecule is COc1cccc(NC(=S)Nc2ccc(F)c(C)c2)c1. The van der Waals surface area contributed by atoms with Crippen molar-refractivity contribution >= 4 is 28.7 Å². The highest BCUT2D eigenvalue weighted by molar-refractivity contribution is 7.80. The molecule has 0 unspecified atom stereocenters. The molecular weight excluding hydrogens is 275 g/mol. The molecule has 2 aromatic rings. The van der Waals surface area contributed by atoms with Crippen molar-refractivity contribution in [3.8, 4) is 5.75 Å². The number of halogens is 1. The molecule has 2 rings (SSSR count). The zero-order chi connectivity index (χ0) is 14.5. The molecule has 0 spiro atoms. The van der Waals surface area contributed by atoms with Gasteiger partial charge < -0.3 is 15.4 Å². The van der Waals surface area contributed by atoms with E-state index < -0.39 is 0 Å². The normalized spacial score (nSPS) is 9.95. The lowest BCUT2D eigenvalue weighted by Gasteiger charge is -2.12. The maximum absolute atomic E-state index is 13.2. The molecule has 5 heteroatoms. The summed E-state index contributed by atoms with van der Waals surface area (Å²) in [4.78, 5) is 0. The maximum atomic E-state index is 13.2. The van der Waals surface area contributed by atoms with Gasteiger partial charge >= 0.3 is 0 Å². The van der Waals surface area contributed by atoms with Crippen LogP contribution in [0.25, 0.3) is 0 Å². The molecule has 0 saturated carbocycles. The molecule has 0 aromatic heterocycles. The van der Waals surface area contributed by atoms with Gasteiger partial charge in [-0.1, -0.05) is 6.07 Å². The first-order chi connectivity index (χ1) is 9.58. The zero-order valence-corrected chi connectivity index (χ0v) is 12.1. The number of hydrogen-bond acceptors (Lipinski definition) is 2. The van der Waals surface area contributed by atoms with E-state index in [0.29, 0.717) is 10.7 Å². The quantitative estimate of drug-likeness (QED) is 0.839. The molecule has 0 heterocycles. The lowest BCUT2D eigenvalue weighted by molar-refractivity contribution is 0.415. The monoisotopic (exact) mass is 290 g/mol. The second kappa shape index (κ2) is 6.34. The Bertz CT molecular complexity index is 631. The molecule has 104 valence electrons. The average molecular weight is 290 g/mol. The Balaban J connectivity index is 2.03. The lowest BCUT2D eigenvalue weighted by Crippen LogP contribution is -2.19. The van der Waals surface area contributed by atoms with Gasteiger partial charge in [-0.05, 0) is 55.0 Å². The minimum absolute atomic E-state index is 0.234. The number of ether oxygens (including phenoxy) is 1. The van der Waals surface area contributed by atoms with Gasteiger partial charge in [0.1, 0.15) is 11.6 Å². The molecule has 0 amide bonds. The molecule has 0 aliphatic carbocycles. The molecule has 0 radical (unpaired) electrons. The molecular formula is C15H15FN2OS. The Morgan fingerprint density at radius 2 is 1.80 bits per heavy atom. The van der Waals surface area contributed by atoms with Crippen molar-refractivity contribution in [3.63, 3.8) is 0 Å². The minimum atomic E-state index is -0.234. The average Bonchev–Trinajstić information content (AvgIpc) is 2.43. The summed E-state index contributed by atoms with van der Waals surface area (Å²) < 4.78 is 18.3. The summed E-state index contributed by atoms with van der Waals surface area (Å²) in [6.45, 7) is 1.71. The van der Waals surface area contributed by atoms with Crippen LogP contribution in [0.2, 0.25) is 0 Å². The van der Waals surface area contributed by atoms with Crippen LogP contribution in [0, 0.1) is 12.7 Å². The molecule has 2 N–H and O–H groups in total. The third-order valence-electron chi connectivity index (χ3n) is 2.74. The standard InChI is InChI=1S/C15H15FN2OS/c1-10-8-12(6-7-14(10)16)18-15(20)17-11-4-3-5-13(9-11)19-2/h3-9H,1-2H3,(H2,17,18,20). The summed E-state index contributed by atoms with van der Waals surface area (Å²) >= 11 is 5.22. The molecule has 0 fully saturated rings. The molecule has 3 nitrogen and oxygen atoms in total. The van der Waals surface area contributed by atoms with Crippen molar-refractivity contribution in [3.05, 3.63) is 53.8 Å². The first-order valence-electron chi connectivity index (χ1n) is 6.06. The molecule has 0 bridgehead atoms. The number of methoxy groups -OCH3 is 1. The fourth-order valence-corrected chi connectivity index (χ4v) is 1.95. The third kappa shape index (κ3) is 3.68.